The summed E-state index contributed by atoms with van der Waals surface area (Å²) in [6.45, 7) is 6.01. The zero-order valence-electron chi connectivity index (χ0n) is 13.4. The highest BCUT2D eigenvalue weighted by atomic mass is 32.1. The molecular formula is C17H23NO3S. The molecule has 0 aliphatic heterocycles. The molecule has 1 aromatic rings. The molecule has 3 rings (SSSR count). The average Bonchev–Trinajstić information content (AvgIpc) is 3.15. The van der Waals surface area contributed by atoms with Crippen molar-refractivity contribution in [1.82, 2.24) is 0 Å². The van der Waals surface area contributed by atoms with Gasteiger partial charge in [-0.2, -0.15) is 0 Å². The quantitative estimate of drug-likeness (QED) is 0.855. The summed E-state index contributed by atoms with van der Waals surface area (Å²) in [5, 5.41) is 3.67. The lowest BCUT2D eigenvalue weighted by Crippen LogP contribution is -2.27. The van der Waals surface area contributed by atoms with Gasteiger partial charge in [-0.3, -0.25) is 4.79 Å². The monoisotopic (exact) mass is 321 g/mol. The Morgan fingerprint density at radius 1 is 1.27 bits per heavy atom. The fraction of sp³-hybridized carbons (Fsp3) is 0.647. The standard InChI is InChI=1S/C17H23NO3S/c1-4-21-17(20)14-9(2)10(3)22-16(14)18-15(19)13-8-11-5-6-12(13)7-11/h11-13H,4-8H2,1-3H3,(H,18,19)/t11-,12-,13+/m1/s1. The third kappa shape index (κ3) is 2.67. The van der Waals surface area contributed by atoms with E-state index >= 15 is 0 Å². The number of hydrogen-bond acceptors (Lipinski definition) is 4. The van der Waals surface area contributed by atoms with E-state index in [4.69, 9.17) is 4.74 Å². The summed E-state index contributed by atoms with van der Waals surface area (Å²) in [6.07, 6.45) is 4.66. The third-order valence-corrected chi connectivity index (χ3v) is 6.30. The summed E-state index contributed by atoms with van der Waals surface area (Å²) in [5.74, 6) is 1.14. The van der Waals surface area contributed by atoms with Crippen LogP contribution in [0.4, 0.5) is 5.00 Å². The molecule has 2 saturated carbocycles. The molecule has 120 valence electrons. The Hall–Kier alpha value is -1.36. The molecule has 0 radical (unpaired) electrons. The molecule has 4 nitrogen and oxygen atoms in total. The van der Waals surface area contributed by atoms with Gasteiger partial charge in [-0.1, -0.05) is 6.42 Å². The van der Waals surface area contributed by atoms with Crippen molar-refractivity contribution < 1.29 is 14.3 Å². The largest absolute Gasteiger partial charge is 0.462 e. The van der Waals surface area contributed by atoms with Gasteiger partial charge in [0.25, 0.3) is 0 Å². The van der Waals surface area contributed by atoms with E-state index in [1.807, 2.05) is 13.8 Å². The van der Waals surface area contributed by atoms with Crippen LogP contribution >= 0.6 is 11.3 Å². The van der Waals surface area contributed by atoms with Gasteiger partial charge in [-0.25, -0.2) is 4.79 Å². The van der Waals surface area contributed by atoms with Crippen molar-refractivity contribution in [3.05, 3.63) is 16.0 Å². The van der Waals surface area contributed by atoms with Crippen LogP contribution in [-0.4, -0.2) is 18.5 Å². The molecule has 2 aliphatic rings. The highest BCUT2D eigenvalue weighted by Gasteiger charge is 2.43. The fourth-order valence-corrected chi connectivity index (χ4v) is 4.99. The van der Waals surface area contributed by atoms with Crippen LogP contribution in [0, 0.1) is 31.6 Å². The van der Waals surface area contributed by atoms with Crippen molar-refractivity contribution in [1.29, 1.82) is 0 Å². The first-order valence-electron chi connectivity index (χ1n) is 8.09. The minimum absolute atomic E-state index is 0.0824. The van der Waals surface area contributed by atoms with Gasteiger partial charge in [0.1, 0.15) is 5.00 Å². The molecule has 0 aromatic carbocycles. The van der Waals surface area contributed by atoms with Gasteiger partial charge < -0.3 is 10.1 Å². The number of carbonyl (C=O) groups excluding carboxylic acids is 2. The summed E-state index contributed by atoms with van der Waals surface area (Å²) in [7, 11) is 0. The Morgan fingerprint density at radius 2 is 2.05 bits per heavy atom. The van der Waals surface area contributed by atoms with E-state index in [2.05, 4.69) is 5.32 Å². The van der Waals surface area contributed by atoms with Crippen LogP contribution in [0.1, 0.15) is 53.4 Å². The number of esters is 1. The highest BCUT2D eigenvalue weighted by molar-refractivity contribution is 7.16. The molecule has 1 aromatic heterocycles. The maximum absolute atomic E-state index is 12.6. The number of thiophene rings is 1. The predicted octanol–water partition coefficient (Wildman–Crippen LogP) is 3.92. The lowest BCUT2D eigenvalue weighted by atomic mass is 9.88. The van der Waals surface area contributed by atoms with Crippen molar-refractivity contribution in [2.75, 3.05) is 11.9 Å². The van der Waals surface area contributed by atoms with Crippen LogP contribution in [-0.2, 0) is 9.53 Å². The minimum Gasteiger partial charge on any atom is -0.462 e. The van der Waals surface area contributed by atoms with Crippen LogP contribution in [0.2, 0.25) is 0 Å². The normalized spacial score (nSPS) is 26.2. The molecule has 22 heavy (non-hydrogen) atoms. The molecule has 1 heterocycles. The van der Waals surface area contributed by atoms with Crippen LogP contribution in [0.3, 0.4) is 0 Å². The third-order valence-electron chi connectivity index (χ3n) is 5.18. The van der Waals surface area contributed by atoms with E-state index < -0.39 is 0 Å². The first-order chi connectivity index (χ1) is 10.5. The zero-order chi connectivity index (χ0) is 15.9. The molecule has 0 spiro atoms. The van der Waals surface area contributed by atoms with E-state index in [0.717, 1.165) is 22.8 Å². The Bertz CT molecular complexity index is 607. The summed E-state index contributed by atoms with van der Waals surface area (Å²) >= 11 is 1.47. The van der Waals surface area contributed by atoms with Gasteiger partial charge in [-0.15, -0.1) is 11.3 Å². The maximum Gasteiger partial charge on any atom is 0.341 e. The molecular weight excluding hydrogens is 298 g/mol. The molecule has 0 unspecified atom stereocenters. The summed E-state index contributed by atoms with van der Waals surface area (Å²) in [6, 6.07) is 0. The second-order valence-electron chi connectivity index (χ2n) is 6.48. The molecule has 3 atom stereocenters. The maximum atomic E-state index is 12.6. The van der Waals surface area contributed by atoms with Crippen LogP contribution in [0.5, 0.6) is 0 Å². The molecule has 0 saturated heterocycles. The topological polar surface area (TPSA) is 55.4 Å². The van der Waals surface area contributed by atoms with Gasteiger partial charge in [0.05, 0.1) is 12.2 Å². The minimum atomic E-state index is -0.340. The van der Waals surface area contributed by atoms with E-state index in [0.29, 0.717) is 23.1 Å². The number of aryl methyl sites for hydroxylation is 1. The molecule has 2 aliphatic carbocycles. The van der Waals surface area contributed by atoms with Gasteiger partial charge in [0, 0.05) is 10.8 Å². The van der Waals surface area contributed by atoms with Crippen molar-refractivity contribution in [3.8, 4) is 0 Å². The highest BCUT2D eigenvalue weighted by Crippen LogP contribution is 2.48. The second-order valence-corrected chi connectivity index (χ2v) is 7.70. The SMILES string of the molecule is CCOC(=O)c1c(NC(=O)[C@H]2C[C@@H]3CC[C@@H]2C3)sc(C)c1C. The molecule has 5 heteroatoms. The molecule has 1 amide bonds. The summed E-state index contributed by atoms with van der Waals surface area (Å²) < 4.78 is 5.14. The Kier molecular flexibility index (Phi) is 4.26. The predicted molar refractivity (Wildman–Crippen MR) is 87.3 cm³/mol. The Labute approximate surface area is 135 Å². The van der Waals surface area contributed by atoms with Gasteiger partial charge >= 0.3 is 5.97 Å². The number of fused-ring (bicyclic) bond motifs is 2. The van der Waals surface area contributed by atoms with Gasteiger partial charge in [-0.05, 0) is 57.4 Å². The van der Waals surface area contributed by atoms with Crippen molar-refractivity contribution in [2.45, 2.75) is 46.5 Å². The summed E-state index contributed by atoms with van der Waals surface area (Å²) in [5.41, 5.74) is 1.44. The number of hydrogen-bond donors (Lipinski definition) is 1. The number of anilines is 1. The number of nitrogens with one attached hydrogen (secondary N) is 1. The molecule has 2 fully saturated rings. The van der Waals surface area contributed by atoms with Crippen molar-refractivity contribution in [3.63, 3.8) is 0 Å². The van der Waals surface area contributed by atoms with Crippen LogP contribution in [0.25, 0.3) is 0 Å². The zero-order valence-corrected chi connectivity index (χ0v) is 14.2. The van der Waals surface area contributed by atoms with Crippen molar-refractivity contribution in [2.24, 2.45) is 17.8 Å². The van der Waals surface area contributed by atoms with E-state index in [9.17, 15) is 9.59 Å². The van der Waals surface area contributed by atoms with Gasteiger partial charge in [0.2, 0.25) is 5.91 Å². The Morgan fingerprint density at radius 3 is 2.64 bits per heavy atom. The summed E-state index contributed by atoms with van der Waals surface area (Å²) in [4.78, 5) is 25.8. The van der Waals surface area contributed by atoms with Crippen LogP contribution in [0.15, 0.2) is 0 Å². The lowest BCUT2D eigenvalue weighted by Gasteiger charge is -2.20. The smallest absolute Gasteiger partial charge is 0.341 e. The number of amides is 1. The van der Waals surface area contributed by atoms with Crippen molar-refractivity contribution >= 4 is 28.2 Å². The van der Waals surface area contributed by atoms with E-state index in [1.165, 1.54) is 30.6 Å². The number of carbonyl (C=O) groups is 2. The Balaban J connectivity index is 1.78. The first kappa shape index (κ1) is 15.5. The van der Waals surface area contributed by atoms with Crippen LogP contribution < -0.4 is 5.32 Å². The fourth-order valence-electron chi connectivity index (χ4n) is 3.93. The van der Waals surface area contributed by atoms with E-state index in [-0.39, 0.29) is 17.8 Å². The second kappa shape index (κ2) is 6.03. The average molecular weight is 321 g/mol. The number of rotatable bonds is 4. The first-order valence-corrected chi connectivity index (χ1v) is 8.90. The number of ether oxygens (including phenoxy) is 1. The van der Waals surface area contributed by atoms with Gasteiger partial charge in [0.15, 0.2) is 0 Å². The van der Waals surface area contributed by atoms with E-state index in [1.54, 1.807) is 6.92 Å². The lowest BCUT2D eigenvalue weighted by molar-refractivity contribution is -0.121. The molecule has 1 N–H and O–H groups in total. The molecule has 2 bridgehead atoms.